The van der Waals surface area contributed by atoms with Crippen LogP contribution >= 0.6 is 0 Å². The van der Waals surface area contributed by atoms with Gasteiger partial charge in [-0.15, -0.1) is 0 Å². The quantitative estimate of drug-likeness (QED) is 0.649. The molecule has 1 aromatic carbocycles. The second-order valence-electron chi connectivity index (χ2n) is 3.75. The Kier molecular flexibility index (Phi) is 5.60. The second-order valence-corrected chi connectivity index (χ2v) is 3.75. The molecule has 0 atom stereocenters. The Labute approximate surface area is 112 Å². The summed E-state index contributed by atoms with van der Waals surface area (Å²) in [4.78, 5) is 22.5. The lowest BCUT2D eigenvalue weighted by molar-refractivity contribution is -0.139. The van der Waals surface area contributed by atoms with E-state index in [-0.39, 0.29) is 12.4 Å². The van der Waals surface area contributed by atoms with Crippen molar-refractivity contribution in [2.24, 2.45) is 0 Å². The highest BCUT2D eigenvalue weighted by atomic mass is 16.5. The molecule has 0 heterocycles. The van der Waals surface area contributed by atoms with Crippen molar-refractivity contribution >= 4 is 23.7 Å². The van der Waals surface area contributed by atoms with Gasteiger partial charge in [-0.05, 0) is 30.7 Å². The van der Waals surface area contributed by atoms with Crippen LogP contribution in [-0.4, -0.2) is 25.7 Å². The standard InChI is InChI=1S/C14H17NO4/c1-3-19-14(17)11-7-8-12(15)10(9-11)5-4-6-13(16)18-2/h4-5,7-9H,3,6,15H2,1-2H3. The first kappa shape index (κ1) is 14.8. The van der Waals surface area contributed by atoms with Crippen molar-refractivity contribution in [1.29, 1.82) is 0 Å². The molecule has 1 aromatic rings. The Balaban J connectivity index is 2.85. The zero-order chi connectivity index (χ0) is 14.3. The maximum absolute atomic E-state index is 11.6. The highest BCUT2D eigenvalue weighted by Crippen LogP contribution is 2.17. The molecular weight excluding hydrogens is 246 g/mol. The van der Waals surface area contributed by atoms with Crippen molar-refractivity contribution in [3.8, 4) is 0 Å². The van der Waals surface area contributed by atoms with Gasteiger partial charge in [0.1, 0.15) is 0 Å². The lowest BCUT2D eigenvalue weighted by Crippen LogP contribution is -2.05. The molecule has 102 valence electrons. The van der Waals surface area contributed by atoms with Crippen LogP contribution in [-0.2, 0) is 14.3 Å². The zero-order valence-electron chi connectivity index (χ0n) is 11.0. The first-order valence-electron chi connectivity index (χ1n) is 5.88. The predicted octanol–water partition coefficient (Wildman–Crippen LogP) is 2.02. The Morgan fingerprint density at radius 1 is 1.37 bits per heavy atom. The van der Waals surface area contributed by atoms with Crippen LogP contribution in [0.3, 0.4) is 0 Å². The van der Waals surface area contributed by atoms with Crippen LogP contribution in [0.2, 0.25) is 0 Å². The summed E-state index contributed by atoms with van der Waals surface area (Å²) >= 11 is 0. The van der Waals surface area contributed by atoms with Crippen molar-refractivity contribution in [1.82, 2.24) is 0 Å². The molecule has 0 unspecified atom stereocenters. The van der Waals surface area contributed by atoms with E-state index in [2.05, 4.69) is 4.74 Å². The number of nitrogens with two attached hydrogens (primary N) is 1. The normalized spacial score (nSPS) is 10.4. The number of anilines is 1. The molecule has 2 N–H and O–H groups in total. The number of hydrogen-bond acceptors (Lipinski definition) is 5. The van der Waals surface area contributed by atoms with Gasteiger partial charge in [0.15, 0.2) is 0 Å². The van der Waals surface area contributed by atoms with Gasteiger partial charge in [-0.25, -0.2) is 4.79 Å². The Morgan fingerprint density at radius 3 is 2.74 bits per heavy atom. The highest BCUT2D eigenvalue weighted by Gasteiger charge is 2.07. The molecule has 0 fully saturated rings. The number of nitrogen functional groups attached to an aromatic ring is 1. The number of esters is 2. The van der Waals surface area contributed by atoms with Gasteiger partial charge in [0.25, 0.3) is 0 Å². The molecule has 0 aliphatic carbocycles. The molecule has 0 saturated heterocycles. The minimum Gasteiger partial charge on any atom is -0.469 e. The summed E-state index contributed by atoms with van der Waals surface area (Å²) in [6.45, 7) is 2.06. The zero-order valence-corrected chi connectivity index (χ0v) is 11.0. The van der Waals surface area contributed by atoms with Gasteiger partial charge in [0.2, 0.25) is 0 Å². The van der Waals surface area contributed by atoms with Crippen LogP contribution in [0.25, 0.3) is 6.08 Å². The van der Waals surface area contributed by atoms with Crippen LogP contribution in [0.15, 0.2) is 24.3 Å². The van der Waals surface area contributed by atoms with Crippen molar-refractivity contribution in [2.45, 2.75) is 13.3 Å². The molecule has 0 amide bonds. The Morgan fingerprint density at radius 2 is 2.11 bits per heavy atom. The van der Waals surface area contributed by atoms with Gasteiger partial charge in [0, 0.05) is 5.69 Å². The number of rotatable bonds is 5. The number of hydrogen-bond donors (Lipinski definition) is 1. The molecule has 0 bridgehead atoms. The van der Waals surface area contributed by atoms with E-state index in [1.807, 2.05) is 0 Å². The van der Waals surface area contributed by atoms with Crippen molar-refractivity contribution in [3.05, 3.63) is 35.4 Å². The van der Waals surface area contributed by atoms with Gasteiger partial charge in [-0.1, -0.05) is 12.2 Å². The number of benzene rings is 1. The molecule has 5 heteroatoms. The average Bonchev–Trinajstić information content (AvgIpc) is 2.40. The van der Waals surface area contributed by atoms with Gasteiger partial charge < -0.3 is 15.2 Å². The minimum absolute atomic E-state index is 0.152. The number of ether oxygens (including phenoxy) is 2. The van der Waals surface area contributed by atoms with Gasteiger partial charge >= 0.3 is 11.9 Å². The lowest BCUT2D eigenvalue weighted by Gasteiger charge is -2.05. The van der Waals surface area contributed by atoms with Crippen LogP contribution < -0.4 is 5.73 Å². The number of carbonyl (C=O) groups excluding carboxylic acids is 2. The molecule has 0 aliphatic rings. The van der Waals surface area contributed by atoms with Gasteiger partial charge in [-0.2, -0.15) is 0 Å². The second kappa shape index (κ2) is 7.20. The smallest absolute Gasteiger partial charge is 0.338 e. The van der Waals surface area contributed by atoms with Gasteiger partial charge in [-0.3, -0.25) is 4.79 Å². The van der Waals surface area contributed by atoms with Crippen LogP contribution in [0.1, 0.15) is 29.3 Å². The van der Waals surface area contributed by atoms with E-state index in [1.54, 1.807) is 37.3 Å². The average molecular weight is 263 g/mol. The molecule has 19 heavy (non-hydrogen) atoms. The molecule has 0 saturated carbocycles. The fourth-order valence-corrected chi connectivity index (χ4v) is 1.43. The van der Waals surface area contributed by atoms with Crippen LogP contribution in [0.4, 0.5) is 5.69 Å². The summed E-state index contributed by atoms with van der Waals surface area (Å²) < 4.78 is 9.42. The molecule has 5 nitrogen and oxygen atoms in total. The first-order chi connectivity index (χ1) is 9.08. The van der Waals surface area contributed by atoms with E-state index >= 15 is 0 Å². The van der Waals surface area contributed by atoms with E-state index in [9.17, 15) is 9.59 Å². The topological polar surface area (TPSA) is 78.6 Å². The predicted molar refractivity (Wildman–Crippen MR) is 72.5 cm³/mol. The van der Waals surface area contributed by atoms with E-state index in [4.69, 9.17) is 10.5 Å². The molecule has 0 radical (unpaired) electrons. The summed E-state index contributed by atoms with van der Waals surface area (Å²) in [7, 11) is 1.33. The van der Waals surface area contributed by atoms with E-state index < -0.39 is 5.97 Å². The summed E-state index contributed by atoms with van der Waals surface area (Å²) in [5.41, 5.74) is 7.40. The number of methoxy groups -OCH3 is 1. The van der Waals surface area contributed by atoms with Crippen LogP contribution in [0.5, 0.6) is 0 Å². The van der Waals surface area contributed by atoms with Crippen molar-refractivity contribution in [2.75, 3.05) is 19.5 Å². The SMILES string of the molecule is CCOC(=O)c1ccc(N)c(C=CCC(=O)OC)c1. The molecular formula is C14H17NO4. The van der Waals surface area contributed by atoms with Crippen molar-refractivity contribution in [3.63, 3.8) is 0 Å². The van der Waals surface area contributed by atoms with E-state index in [1.165, 1.54) is 7.11 Å². The Bertz CT molecular complexity index is 494. The summed E-state index contributed by atoms with van der Waals surface area (Å²) in [5, 5.41) is 0. The fourth-order valence-electron chi connectivity index (χ4n) is 1.43. The molecule has 0 aliphatic heterocycles. The highest BCUT2D eigenvalue weighted by molar-refractivity contribution is 5.91. The third-order valence-electron chi connectivity index (χ3n) is 2.41. The Hall–Kier alpha value is -2.30. The molecule has 0 aromatic heterocycles. The monoisotopic (exact) mass is 263 g/mol. The third kappa shape index (κ3) is 4.46. The van der Waals surface area contributed by atoms with Crippen LogP contribution in [0, 0.1) is 0 Å². The fraction of sp³-hybridized carbons (Fsp3) is 0.286. The van der Waals surface area contributed by atoms with E-state index in [0.29, 0.717) is 23.4 Å². The minimum atomic E-state index is -0.398. The van der Waals surface area contributed by atoms with Crippen molar-refractivity contribution < 1.29 is 19.1 Å². The number of carbonyl (C=O) groups is 2. The summed E-state index contributed by atoms with van der Waals surface area (Å²) in [6.07, 6.45) is 3.46. The summed E-state index contributed by atoms with van der Waals surface area (Å²) in [5.74, 6) is -0.735. The largest absolute Gasteiger partial charge is 0.469 e. The van der Waals surface area contributed by atoms with E-state index in [0.717, 1.165) is 0 Å². The molecule has 0 spiro atoms. The third-order valence-corrected chi connectivity index (χ3v) is 2.41. The summed E-state index contributed by atoms with van der Waals surface area (Å²) in [6, 6.07) is 4.86. The maximum Gasteiger partial charge on any atom is 0.338 e. The maximum atomic E-state index is 11.6. The first-order valence-corrected chi connectivity index (χ1v) is 5.88. The lowest BCUT2D eigenvalue weighted by atomic mass is 10.1. The molecule has 1 rings (SSSR count). The van der Waals surface area contributed by atoms with Gasteiger partial charge in [0.05, 0.1) is 25.7 Å².